The first-order valence-electron chi connectivity index (χ1n) is 4.66. The summed E-state index contributed by atoms with van der Waals surface area (Å²) in [5.74, 6) is -3.79. The number of oxime groups is 1. The predicted octanol–water partition coefficient (Wildman–Crippen LogP) is 1.05. The van der Waals surface area contributed by atoms with Crippen LogP contribution in [-0.4, -0.2) is 25.2 Å². The SMILES string of the molecule is Cc1ccc(C(N)=NO)cc1NS(=O)(=O)C(F)F. The lowest BCUT2D eigenvalue weighted by Gasteiger charge is -2.11. The molecule has 1 rings (SSSR count). The van der Waals surface area contributed by atoms with E-state index in [1.54, 1.807) is 4.72 Å². The summed E-state index contributed by atoms with van der Waals surface area (Å²) in [6.07, 6.45) is 0. The minimum atomic E-state index is -4.75. The second-order valence-electron chi connectivity index (χ2n) is 3.42. The molecule has 0 amide bonds. The van der Waals surface area contributed by atoms with Crippen molar-refractivity contribution >= 4 is 21.5 Å². The van der Waals surface area contributed by atoms with Gasteiger partial charge in [-0.1, -0.05) is 17.3 Å². The van der Waals surface area contributed by atoms with Crippen LogP contribution >= 0.6 is 0 Å². The molecule has 18 heavy (non-hydrogen) atoms. The van der Waals surface area contributed by atoms with Crippen LogP contribution in [0.4, 0.5) is 14.5 Å². The van der Waals surface area contributed by atoms with E-state index in [0.29, 0.717) is 5.56 Å². The molecular weight excluding hydrogens is 268 g/mol. The Labute approximate surface area is 102 Å². The third-order valence-electron chi connectivity index (χ3n) is 2.13. The molecule has 0 unspecified atom stereocenters. The first-order valence-corrected chi connectivity index (χ1v) is 6.21. The number of sulfonamides is 1. The normalized spacial score (nSPS) is 12.8. The van der Waals surface area contributed by atoms with Crippen LogP contribution in [0.1, 0.15) is 11.1 Å². The van der Waals surface area contributed by atoms with Gasteiger partial charge in [0.25, 0.3) is 10.0 Å². The molecule has 0 aliphatic rings. The first-order chi connectivity index (χ1) is 8.27. The summed E-state index contributed by atoms with van der Waals surface area (Å²) in [6, 6.07) is 4.12. The molecule has 0 aliphatic heterocycles. The highest BCUT2D eigenvalue weighted by atomic mass is 32.2. The summed E-state index contributed by atoms with van der Waals surface area (Å²) < 4.78 is 48.2. The van der Waals surface area contributed by atoms with Crippen molar-refractivity contribution in [3.05, 3.63) is 29.3 Å². The fourth-order valence-corrected chi connectivity index (χ4v) is 1.76. The molecule has 1 aromatic carbocycles. The number of nitrogens with one attached hydrogen (secondary N) is 1. The number of hydrogen-bond donors (Lipinski definition) is 3. The zero-order valence-corrected chi connectivity index (χ0v) is 10.1. The summed E-state index contributed by atoms with van der Waals surface area (Å²) >= 11 is 0. The Bertz CT molecular complexity index is 572. The lowest BCUT2D eigenvalue weighted by molar-refractivity contribution is 0.236. The van der Waals surface area contributed by atoms with Crippen LogP contribution in [-0.2, 0) is 10.0 Å². The molecule has 6 nitrogen and oxygen atoms in total. The van der Waals surface area contributed by atoms with Gasteiger partial charge in [0.1, 0.15) is 0 Å². The molecule has 0 aliphatic carbocycles. The minimum Gasteiger partial charge on any atom is -0.409 e. The molecule has 0 saturated carbocycles. The van der Waals surface area contributed by atoms with Gasteiger partial charge in [-0.25, -0.2) is 8.42 Å². The highest BCUT2D eigenvalue weighted by molar-refractivity contribution is 7.93. The zero-order valence-electron chi connectivity index (χ0n) is 9.26. The number of amidine groups is 1. The lowest BCUT2D eigenvalue weighted by atomic mass is 10.1. The van der Waals surface area contributed by atoms with Gasteiger partial charge in [-0.3, -0.25) is 4.72 Å². The minimum absolute atomic E-state index is 0.0561. The summed E-state index contributed by atoms with van der Waals surface area (Å²) in [5, 5.41) is 11.2. The van der Waals surface area contributed by atoms with Gasteiger partial charge < -0.3 is 10.9 Å². The van der Waals surface area contributed by atoms with E-state index in [4.69, 9.17) is 10.9 Å². The average molecular weight is 279 g/mol. The van der Waals surface area contributed by atoms with E-state index in [9.17, 15) is 17.2 Å². The molecule has 1 aromatic rings. The van der Waals surface area contributed by atoms with Crippen LogP contribution in [0.5, 0.6) is 0 Å². The maximum Gasteiger partial charge on any atom is 0.355 e. The summed E-state index contributed by atoms with van der Waals surface area (Å²) in [6.45, 7) is 1.53. The van der Waals surface area contributed by atoms with E-state index in [0.717, 1.165) is 0 Å². The number of alkyl halides is 2. The quantitative estimate of drug-likeness (QED) is 0.331. The lowest BCUT2D eigenvalue weighted by Crippen LogP contribution is -2.21. The number of nitrogens with two attached hydrogens (primary N) is 1. The number of anilines is 1. The Balaban J connectivity index is 3.18. The maximum absolute atomic E-state index is 12.2. The van der Waals surface area contributed by atoms with Gasteiger partial charge in [-0.05, 0) is 18.6 Å². The van der Waals surface area contributed by atoms with Gasteiger partial charge in [0.05, 0.1) is 5.69 Å². The van der Waals surface area contributed by atoms with Crippen molar-refractivity contribution in [2.75, 3.05) is 4.72 Å². The van der Waals surface area contributed by atoms with Gasteiger partial charge in [0.15, 0.2) is 5.84 Å². The Kier molecular flexibility index (Phi) is 4.07. The second-order valence-corrected chi connectivity index (χ2v) is 5.07. The highest BCUT2D eigenvalue weighted by Gasteiger charge is 2.24. The number of aryl methyl sites for hydroxylation is 1. The topological polar surface area (TPSA) is 105 Å². The Morgan fingerprint density at radius 3 is 2.61 bits per heavy atom. The van der Waals surface area contributed by atoms with Crippen LogP contribution in [0.3, 0.4) is 0 Å². The van der Waals surface area contributed by atoms with Gasteiger partial charge in [-0.2, -0.15) is 8.78 Å². The van der Waals surface area contributed by atoms with Crippen molar-refractivity contribution in [2.24, 2.45) is 10.9 Å². The van der Waals surface area contributed by atoms with Crippen LogP contribution in [0.2, 0.25) is 0 Å². The third-order valence-corrected chi connectivity index (χ3v) is 3.10. The molecule has 0 heterocycles. The summed E-state index contributed by atoms with van der Waals surface area (Å²) in [7, 11) is -4.75. The van der Waals surface area contributed by atoms with Crippen molar-refractivity contribution in [3.63, 3.8) is 0 Å². The molecule has 0 aromatic heterocycles. The van der Waals surface area contributed by atoms with Gasteiger partial charge in [0.2, 0.25) is 0 Å². The van der Waals surface area contributed by atoms with E-state index < -0.39 is 15.8 Å². The molecule has 4 N–H and O–H groups in total. The van der Waals surface area contributed by atoms with Crippen molar-refractivity contribution < 1.29 is 22.4 Å². The van der Waals surface area contributed by atoms with E-state index in [1.165, 1.54) is 25.1 Å². The fourth-order valence-electron chi connectivity index (χ4n) is 1.15. The Hall–Kier alpha value is -1.90. The zero-order chi connectivity index (χ0) is 13.9. The fraction of sp³-hybridized carbons (Fsp3) is 0.222. The second kappa shape index (κ2) is 5.17. The molecule has 0 atom stereocenters. The van der Waals surface area contributed by atoms with Crippen LogP contribution < -0.4 is 10.5 Å². The summed E-state index contributed by atoms with van der Waals surface area (Å²) in [4.78, 5) is 0. The van der Waals surface area contributed by atoms with Crippen molar-refractivity contribution in [1.29, 1.82) is 0 Å². The molecule has 0 radical (unpaired) electrons. The average Bonchev–Trinajstić information content (AvgIpc) is 2.30. The Morgan fingerprint density at radius 2 is 2.11 bits per heavy atom. The molecule has 100 valence electrons. The number of halogens is 2. The van der Waals surface area contributed by atoms with Crippen LogP contribution in [0.25, 0.3) is 0 Å². The van der Waals surface area contributed by atoms with Gasteiger partial charge >= 0.3 is 5.76 Å². The molecule has 0 bridgehead atoms. The number of benzene rings is 1. The van der Waals surface area contributed by atoms with Crippen molar-refractivity contribution in [3.8, 4) is 0 Å². The molecule has 0 spiro atoms. The first kappa shape index (κ1) is 14.2. The third kappa shape index (κ3) is 3.06. The Morgan fingerprint density at radius 1 is 1.50 bits per heavy atom. The number of rotatable bonds is 4. The van der Waals surface area contributed by atoms with Crippen LogP contribution in [0, 0.1) is 6.92 Å². The summed E-state index contributed by atoms with van der Waals surface area (Å²) in [5.41, 5.74) is 5.88. The van der Waals surface area contributed by atoms with E-state index in [1.807, 2.05) is 0 Å². The largest absolute Gasteiger partial charge is 0.409 e. The highest BCUT2D eigenvalue weighted by Crippen LogP contribution is 2.20. The van der Waals surface area contributed by atoms with Gasteiger partial charge in [-0.15, -0.1) is 0 Å². The molecule has 0 fully saturated rings. The standard InChI is InChI=1S/C9H11F2N3O3S/c1-5-2-3-6(8(12)13-15)4-7(5)14-18(16,17)9(10)11/h2-4,9,14-15H,1H3,(H2,12,13). The monoisotopic (exact) mass is 279 g/mol. The number of hydrogen-bond acceptors (Lipinski definition) is 4. The molecular formula is C9H11F2N3O3S. The van der Waals surface area contributed by atoms with E-state index in [-0.39, 0.29) is 17.1 Å². The molecule has 0 saturated heterocycles. The van der Waals surface area contributed by atoms with Crippen molar-refractivity contribution in [2.45, 2.75) is 12.7 Å². The number of nitrogens with zero attached hydrogens (tertiary/aromatic N) is 1. The molecule has 9 heteroatoms. The van der Waals surface area contributed by atoms with E-state index >= 15 is 0 Å². The van der Waals surface area contributed by atoms with E-state index in [2.05, 4.69) is 5.16 Å². The maximum atomic E-state index is 12.2. The smallest absolute Gasteiger partial charge is 0.355 e. The van der Waals surface area contributed by atoms with Crippen molar-refractivity contribution in [1.82, 2.24) is 0 Å². The van der Waals surface area contributed by atoms with Crippen LogP contribution in [0.15, 0.2) is 23.4 Å². The predicted molar refractivity (Wildman–Crippen MR) is 62.2 cm³/mol. The van der Waals surface area contributed by atoms with Gasteiger partial charge in [0, 0.05) is 5.56 Å².